The Bertz CT molecular complexity index is 755. The average Bonchev–Trinajstić information content (AvgIpc) is 2.64. The molecular formula is C20H22N2O2. The molecule has 0 aliphatic carbocycles. The van der Waals surface area contributed by atoms with Crippen molar-refractivity contribution < 1.29 is 9.63 Å². The van der Waals surface area contributed by atoms with Gasteiger partial charge in [-0.05, 0) is 23.6 Å². The van der Waals surface area contributed by atoms with Crippen LogP contribution in [0.5, 0.6) is 0 Å². The molecule has 1 aliphatic heterocycles. The highest BCUT2D eigenvalue weighted by Crippen LogP contribution is 2.43. The lowest BCUT2D eigenvalue weighted by Gasteiger charge is -2.37. The number of hydrogen-bond donors (Lipinski definition) is 0. The third-order valence-electron chi connectivity index (χ3n) is 4.58. The summed E-state index contributed by atoms with van der Waals surface area (Å²) in [6, 6.07) is 18.8. The van der Waals surface area contributed by atoms with Crippen LogP contribution in [0, 0.1) is 0 Å². The van der Waals surface area contributed by atoms with Gasteiger partial charge in [-0.1, -0.05) is 48.5 Å². The monoisotopic (exact) mass is 322 g/mol. The molecule has 1 heterocycles. The number of benzene rings is 2. The Morgan fingerprint density at radius 3 is 2.54 bits per heavy atom. The van der Waals surface area contributed by atoms with E-state index in [2.05, 4.69) is 48.3 Å². The minimum atomic E-state index is -0.154. The number of nitrogens with zero attached hydrogens (tertiary/aromatic N) is 2. The summed E-state index contributed by atoms with van der Waals surface area (Å²) in [7, 11) is 5.22. The van der Waals surface area contributed by atoms with Gasteiger partial charge in [0, 0.05) is 31.4 Å². The van der Waals surface area contributed by atoms with Gasteiger partial charge in [-0.15, -0.1) is 0 Å². The number of carbonyl (C=O) groups excluding carboxylic acids is 1. The predicted molar refractivity (Wildman–Crippen MR) is 96.4 cm³/mol. The molecule has 1 atom stereocenters. The van der Waals surface area contributed by atoms with Crippen LogP contribution < -0.4 is 4.90 Å². The molecule has 2 aromatic rings. The SMILES string of the molecule is CON(C)C(=O)/C=C1\CC(c2ccccc2)N(C)c2ccccc21. The highest BCUT2D eigenvalue weighted by atomic mass is 16.7. The summed E-state index contributed by atoms with van der Waals surface area (Å²) in [6.07, 6.45) is 2.46. The number of fused-ring (bicyclic) bond motifs is 1. The maximum absolute atomic E-state index is 12.3. The third kappa shape index (κ3) is 3.05. The normalized spacial score (nSPS) is 18.4. The standard InChI is InChI=1S/C20H22N2O2/c1-21-18-12-8-7-11-17(18)16(14-20(23)22(2)24-3)13-19(21)15-9-5-4-6-10-15/h4-12,14,19H,13H2,1-3H3/b16-14+. The molecule has 0 fully saturated rings. The van der Waals surface area contributed by atoms with E-state index >= 15 is 0 Å². The second-order valence-electron chi connectivity index (χ2n) is 5.95. The summed E-state index contributed by atoms with van der Waals surface area (Å²) >= 11 is 0. The number of likely N-dealkylation sites (N-methyl/N-ethyl adjacent to an activating group) is 1. The van der Waals surface area contributed by atoms with Crippen LogP contribution in [0.2, 0.25) is 0 Å². The van der Waals surface area contributed by atoms with Crippen LogP contribution in [-0.4, -0.2) is 32.2 Å². The average molecular weight is 322 g/mol. The van der Waals surface area contributed by atoms with Crippen molar-refractivity contribution in [3.05, 3.63) is 71.8 Å². The maximum atomic E-state index is 12.3. The van der Waals surface area contributed by atoms with Gasteiger partial charge < -0.3 is 4.90 Å². The quantitative estimate of drug-likeness (QED) is 0.638. The molecule has 124 valence electrons. The van der Waals surface area contributed by atoms with Gasteiger partial charge in [-0.25, -0.2) is 5.06 Å². The fourth-order valence-electron chi connectivity index (χ4n) is 3.16. The molecule has 0 saturated heterocycles. The smallest absolute Gasteiger partial charge is 0.270 e. The van der Waals surface area contributed by atoms with Crippen LogP contribution in [0.3, 0.4) is 0 Å². The van der Waals surface area contributed by atoms with Crippen molar-refractivity contribution in [2.75, 3.05) is 26.1 Å². The van der Waals surface area contributed by atoms with Gasteiger partial charge in [-0.3, -0.25) is 9.63 Å². The van der Waals surface area contributed by atoms with Gasteiger partial charge in [0.2, 0.25) is 0 Å². The van der Waals surface area contributed by atoms with Crippen LogP contribution in [0.25, 0.3) is 5.57 Å². The topological polar surface area (TPSA) is 32.8 Å². The van der Waals surface area contributed by atoms with Gasteiger partial charge in [0.05, 0.1) is 13.2 Å². The van der Waals surface area contributed by atoms with E-state index in [9.17, 15) is 4.79 Å². The van der Waals surface area contributed by atoms with Crippen molar-refractivity contribution in [3.8, 4) is 0 Å². The molecule has 0 spiro atoms. The van der Waals surface area contributed by atoms with E-state index in [1.165, 1.54) is 17.7 Å². The summed E-state index contributed by atoms with van der Waals surface area (Å²) in [4.78, 5) is 19.6. The first kappa shape index (κ1) is 16.3. The summed E-state index contributed by atoms with van der Waals surface area (Å²) < 4.78 is 0. The highest BCUT2D eigenvalue weighted by Gasteiger charge is 2.28. The Morgan fingerprint density at radius 1 is 1.17 bits per heavy atom. The van der Waals surface area contributed by atoms with E-state index in [4.69, 9.17) is 4.84 Å². The number of carbonyl (C=O) groups is 1. The van der Waals surface area contributed by atoms with Crippen LogP contribution >= 0.6 is 0 Å². The predicted octanol–water partition coefficient (Wildman–Crippen LogP) is 3.67. The number of amides is 1. The molecule has 4 nitrogen and oxygen atoms in total. The lowest BCUT2D eigenvalue weighted by atomic mass is 9.87. The fourth-order valence-corrected chi connectivity index (χ4v) is 3.16. The van der Waals surface area contributed by atoms with E-state index in [1.807, 2.05) is 18.2 Å². The van der Waals surface area contributed by atoms with E-state index in [1.54, 1.807) is 13.1 Å². The Hall–Kier alpha value is -2.59. The molecule has 1 amide bonds. The molecule has 0 radical (unpaired) electrons. The second kappa shape index (κ2) is 6.89. The zero-order chi connectivity index (χ0) is 17.1. The van der Waals surface area contributed by atoms with Gasteiger partial charge >= 0.3 is 0 Å². The largest absolute Gasteiger partial charge is 0.367 e. The zero-order valence-corrected chi connectivity index (χ0v) is 14.3. The number of hydroxylamine groups is 2. The lowest BCUT2D eigenvalue weighted by molar-refractivity contribution is -0.162. The highest BCUT2D eigenvalue weighted by molar-refractivity contribution is 5.97. The van der Waals surface area contributed by atoms with Crippen LogP contribution in [-0.2, 0) is 9.63 Å². The molecule has 0 aromatic heterocycles. The van der Waals surface area contributed by atoms with E-state index in [-0.39, 0.29) is 11.9 Å². The maximum Gasteiger partial charge on any atom is 0.270 e. The van der Waals surface area contributed by atoms with E-state index in [0.717, 1.165) is 23.2 Å². The van der Waals surface area contributed by atoms with E-state index in [0.29, 0.717) is 0 Å². The van der Waals surface area contributed by atoms with Crippen LogP contribution in [0.15, 0.2) is 60.7 Å². The summed E-state index contributed by atoms with van der Waals surface area (Å²) in [5, 5.41) is 1.24. The van der Waals surface area contributed by atoms with Crippen molar-refractivity contribution in [1.82, 2.24) is 5.06 Å². The summed E-state index contributed by atoms with van der Waals surface area (Å²) in [5.41, 5.74) is 4.51. The molecule has 3 rings (SSSR count). The lowest BCUT2D eigenvalue weighted by Crippen LogP contribution is -2.30. The summed E-state index contributed by atoms with van der Waals surface area (Å²) in [6.45, 7) is 0. The van der Waals surface area contributed by atoms with Gasteiger partial charge in [0.15, 0.2) is 0 Å². The zero-order valence-electron chi connectivity index (χ0n) is 14.3. The first-order chi connectivity index (χ1) is 11.6. The first-order valence-corrected chi connectivity index (χ1v) is 8.01. The number of hydrogen-bond acceptors (Lipinski definition) is 3. The number of rotatable bonds is 3. The Kier molecular flexibility index (Phi) is 4.67. The van der Waals surface area contributed by atoms with E-state index < -0.39 is 0 Å². The molecule has 1 unspecified atom stereocenters. The van der Waals surface area contributed by atoms with Gasteiger partial charge in [0.1, 0.15) is 0 Å². The minimum Gasteiger partial charge on any atom is -0.367 e. The molecule has 4 heteroatoms. The third-order valence-corrected chi connectivity index (χ3v) is 4.58. The van der Waals surface area contributed by atoms with Crippen molar-refractivity contribution in [2.45, 2.75) is 12.5 Å². The molecule has 0 saturated carbocycles. The fraction of sp³-hybridized carbons (Fsp3) is 0.250. The first-order valence-electron chi connectivity index (χ1n) is 8.01. The Labute approximate surface area is 142 Å². The van der Waals surface area contributed by atoms with Crippen molar-refractivity contribution in [2.24, 2.45) is 0 Å². The molecule has 24 heavy (non-hydrogen) atoms. The molecular weight excluding hydrogens is 300 g/mol. The Morgan fingerprint density at radius 2 is 1.83 bits per heavy atom. The summed E-state index contributed by atoms with van der Waals surface area (Å²) in [5.74, 6) is -0.154. The molecule has 2 aromatic carbocycles. The number of para-hydroxylation sites is 1. The molecule has 0 N–H and O–H groups in total. The van der Waals surface area contributed by atoms with Crippen molar-refractivity contribution >= 4 is 17.2 Å². The van der Waals surface area contributed by atoms with Crippen molar-refractivity contribution in [1.29, 1.82) is 0 Å². The van der Waals surface area contributed by atoms with Gasteiger partial charge in [-0.2, -0.15) is 0 Å². The van der Waals surface area contributed by atoms with Gasteiger partial charge in [0.25, 0.3) is 5.91 Å². The second-order valence-corrected chi connectivity index (χ2v) is 5.95. The van der Waals surface area contributed by atoms with Crippen LogP contribution in [0.1, 0.15) is 23.6 Å². The van der Waals surface area contributed by atoms with Crippen LogP contribution in [0.4, 0.5) is 5.69 Å². The molecule has 1 aliphatic rings. The number of anilines is 1. The Balaban J connectivity index is 2.04. The van der Waals surface area contributed by atoms with Crippen molar-refractivity contribution in [3.63, 3.8) is 0 Å². The molecule has 0 bridgehead atoms. The minimum absolute atomic E-state index is 0.154.